The summed E-state index contributed by atoms with van der Waals surface area (Å²) in [6.45, 7) is 0.723. The van der Waals surface area contributed by atoms with Gasteiger partial charge in [0.15, 0.2) is 0 Å². The minimum absolute atomic E-state index is 0.145. The predicted octanol–water partition coefficient (Wildman–Crippen LogP) is 1.68. The summed E-state index contributed by atoms with van der Waals surface area (Å²) in [4.78, 5) is 15.5. The van der Waals surface area contributed by atoms with Crippen LogP contribution in [0, 0.1) is 0 Å². The summed E-state index contributed by atoms with van der Waals surface area (Å²) >= 11 is 0. The lowest BCUT2D eigenvalue weighted by molar-refractivity contribution is 0.0688. The highest BCUT2D eigenvalue weighted by atomic mass is 16.5. The number of carboxylic acid groups (broad SMARTS) is 1. The number of methoxy groups -OCH3 is 1. The number of hydrogen-bond acceptors (Lipinski definition) is 4. The number of pyridine rings is 1. The number of hydrogen-bond donors (Lipinski definition) is 1. The zero-order chi connectivity index (χ0) is 13.0. The summed E-state index contributed by atoms with van der Waals surface area (Å²) in [5, 5.41) is 9.17. The van der Waals surface area contributed by atoms with Crippen LogP contribution < -0.4 is 4.74 Å². The van der Waals surface area contributed by atoms with Gasteiger partial charge < -0.3 is 14.6 Å². The van der Waals surface area contributed by atoms with E-state index in [1.165, 1.54) is 0 Å². The minimum Gasteiger partial charge on any atom is -0.477 e. The third-order valence-corrected chi connectivity index (χ3v) is 3.02. The molecular formula is C13H17NO4. The molecule has 0 amide bonds. The van der Waals surface area contributed by atoms with Crippen LogP contribution in [0.4, 0.5) is 0 Å². The van der Waals surface area contributed by atoms with Gasteiger partial charge in [0.1, 0.15) is 12.2 Å². The van der Waals surface area contributed by atoms with Gasteiger partial charge in [0.05, 0.1) is 6.61 Å². The van der Waals surface area contributed by atoms with Gasteiger partial charge >= 0.3 is 5.97 Å². The average Bonchev–Trinajstić information content (AvgIpc) is 2.38. The largest absolute Gasteiger partial charge is 0.477 e. The van der Waals surface area contributed by atoms with Crippen LogP contribution in [0.1, 0.15) is 34.5 Å². The fourth-order valence-electron chi connectivity index (χ4n) is 2.10. The highest BCUT2D eigenvalue weighted by Gasteiger charge is 2.19. The summed E-state index contributed by atoms with van der Waals surface area (Å²) < 4.78 is 10.3. The summed E-state index contributed by atoms with van der Waals surface area (Å²) in [5.41, 5.74) is 2.16. The van der Waals surface area contributed by atoms with Crippen molar-refractivity contribution in [2.75, 3.05) is 20.3 Å². The summed E-state index contributed by atoms with van der Waals surface area (Å²) in [7, 11) is 1.57. The van der Waals surface area contributed by atoms with E-state index < -0.39 is 5.97 Å². The van der Waals surface area contributed by atoms with Crippen LogP contribution in [0.15, 0.2) is 6.07 Å². The first-order valence-corrected chi connectivity index (χ1v) is 6.10. The van der Waals surface area contributed by atoms with Gasteiger partial charge in [-0.15, -0.1) is 0 Å². The van der Waals surface area contributed by atoms with Gasteiger partial charge in [-0.05, 0) is 37.3 Å². The summed E-state index contributed by atoms with van der Waals surface area (Å²) in [5.74, 6) is -0.788. The van der Waals surface area contributed by atoms with E-state index in [-0.39, 0.29) is 11.4 Å². The fraction of sp³-hybridized carbons (Fsp3) is 0.538. The van der Waals surface area contributed by atoms with Crippen LogP contribution in [0.2, 0.25) is 0 Å². The van der Waals surface area contributed by atoms with Crippen LogP contribution in [0.3, 0.4) is 0 Å². The lowest BCUT2D eigenvalue weighted by Gasteiger charge is -2.17. The molecule has 5 nitrogen and oxygen atoms in total. The molecule has 1 aliphatic carbocycles. The molecule has 0 spiro atoms. The molecule has 1 aliphatic rings. The molecule has 0 atom stereocenters. The number of carbonyl (C=O) groups is 1. The Morgan fingerprint density at radius 1 is 1.39 bits per heavy atom. The molecule has 18 heavy (non-hydrogen) atoms. The molecule has 0 fully saturated rings. The van der Waals surface area contributed by atoms with Crippen molar-refractivity contribution in [1.82, 2.24) is 4.98 Å². The molecule has 2 rings (SSSR count). The van der Waals surface area contributed by atoms with Crippen molar-refractivity contribution in [2.24, 2.45) is 0 Å². The highest BCUT2D eigenvalue weighted by Crippen LogP contribution is 2.26. The standard InChI is InChI=1S/C13H17NO4/c1-17-6-7-18-12-10(13(15)16)8-9-4-2-3-5-11(9)14-12/h8H,2-7H2,1H3,(H,15,16). The molecule has 1 heterocycles. The van der Waals surface area contributed by atoms with Crippen LogP contribution in [0.5, 0.6) is 5.88 Å². The smallest absolute Gasteiger partial charge is 0.341 e. The first kappa shape index (κ1) is 12.8. The maximum atomic E-state index is 11.2. The first-order chi connectivity index (χ1) is 8.72. The Labute approximate surface area is 106 Å². The van der Waals surface area contributed by atoms with Gasteiger partial charge in [0.2, 0.25) is 5.88 Å². The summed E-state index contributed by atoms with van der Waals surface area (Å²) in [6, 6.07) is 1.70. The molecule has 0 unspecified atom stereocenters. The molecule has 0 saturated heterocycles. The Hall–Kier alpha value is -1.62. The van der Waals surface area contributed by atoms with Crippen molar-refractivity contribution in [3.05, 3.63) is 22.9 Å². The molecular weight excluding hydrogens is 234 g/mol. The van der Waals surface area contributed by atoms with Gasteiger partial charge in [-0.25, -0.2) is 9.78 Å². The molecule has 0 aliphatic heterocycles. The fourth-order valence-corrected chi connectivity index (χ4v) is 2.10. The lowest BCUT2D eigenvalue weighted by Crippen LogP contribution is -2.14. The molecule has 98 valence electrons. The van der Waals surface area contributed by atoms with E-state index >= 15 is 0 Å². The van der Waals surface area contributed by atoms with Crippen molar-refractivity contribution in [2.45, 2.75) is 25.7 Å². The second-order valence-electron chi connectivity index (χ2n) is 4.30. The van der Waals surface area contributed by atoms with Crippen LogP contribution in [-0.4, -0.2) is 36.4 Å². The van der Waals surface area contributed by atoms with E-state index in [9.17, 15) is 9.90 Å². The number of carboxylic acids is 1. The van der Waals surface area contributed by atoms with E-state index in [1.54, 1.807) is 13.2 Å². The van der Waals surface area contributed by atoms with E-state index in [2.05, 4.69) is 4.98 Å². The van der Waals surface area contributed by atoms with Gasteiger partial charge in [0, 0.05) is 12.8 Å². The molecule has 0 saturated carbocycles. The monoisotopic (exact) mass is 251 g/mol. The average molecular weight is 251 g/mol. The number of aryl methyl sites for hydroxylation is 2. The van der Waals surface area contributed by atoms with Crippen molar-refractivity contribution < 1.29 is 19.4 Å². The molecule has 1 N–H and O–H groups in total. The third kappa shape index (κ3) is 2.79. The normalized spacial score (nSPS) is 14.1. The van der Waals surface area contributed by atoms with E-state index in [0.29, 0.717) is 13.2 Å². The van der Waals surface area contributed by atoms with Crippen LogP contribution in [-0.2, 0) is 17.6 Å². The topological polar surface area (TPSA) is 68.7 Å². The van der Waals surface area contributed by atoms with Crippen LogP contribution in [0.25, 0.3) is 0 Å². The van der Waals surface area contributed by atoms with Crippen molar-refractivity contribution >= 4 is 5.97 Å². The highest BCUT2D eigenvalue weighted by molar-refractivity contribution is 5.90. The zero-order valence-corrected chi connectivity index (χ0v) is 10.4. The Kier molecular flexibility index (Phi) is 4.15. The Bertz CT molecular complexity index is 445. The Morgan fingerprint density at radius 3 is 2.89 bits per heavy atom. The van der Waals surface area contributed by atoms with Gasteiger partial charge in [-0.3, -0.25) is 0 Å². The van der Waals surface area contributed by atoms with E-state index in [1.807, 2.05) is 0 Å². The predicted molar refractivity (Wildman–Crippen MR) is 65.2 cm³/mol. The second-order valence-corrected chi connectivity index (χ2v) is 4.30. The first-order valence-electron chi connectivity index (χ1n) is 6.10. The molecule has 1 aromatic rings. The van der Waals surface area contributed by atoms with Crippen molar-refractivity contribution in [3.8, 4) is 5.88 Å². The number of aromatic carboxylic acids is 1. The van der Waals surface area contributed by atoms with Gasteiger partial charge in [-0.1, -0.05) is 0 Å². The number of rotatable bonds is 5. The van der Waals surface area contributed by atoms with Gasteiger partial charge in [0.25, 0.3) is 0 Å². The lowest BCUT2D eigenvalue weighted by atomic mass is 9.95. The van der Waals surface area contributed by atoms with Crippen molar-refractivity contribution in [1.29, 1.82) is 0 Å². The zero-order valence-electron chi connectivity index (χ0n) is 10.4. The number of aromatic nitrogens is 1. The maximum Gasteiger partial charge on any atom is 0.341 e. The molecule has 0 aromatic carbocycles. The number of ether oxygens (including phenoxy) is 2. The number of fused-ring (bicyclic) bond motifs is 1. The molecule has 0 bridgehead atoms. The maximum absolute atomic E-state index is 11.2. The molecule has 1 aromatic heterocycles. The Balaban J connectivity index is 2.27. The quantitative estimate of drug-likeness (QED) is 0.806. The second kappa shape index (κ2) is 5.82. The molecule has 0 radical (unpaired) electrons. The van der Waals surface area contributed by atoms with E-state index in [4.69, 9.17) is 9.47 Å². The summed E-state index contributed by atoms with van der Waals surface area (Å²) in [6.07, 6.45) is 4.00. The number of nitrogens with zero attached hydrogens (tertiary/aromatic N) is 1. The minimum atomic E-state index is -0.997. The third-order valence-electron chi connectivity index (χ3n) is 3.02. The van der Waals surface area contributed by atoms with Crippen molar-refractivity contribution in [3.63, 3.8) is 0 Å². The SMILES string of the molecule is COCCOc1nc2c(cc1C(=O)O)CCCC2. The molecule has 5 heteroatoms. The Morgan fingerprint density at radius 2 is 2.17 bits per heavy atom. The van der Waals surface area contributed by atoms with E-state index in [0.717, 1.165) is 36.9 Å². The van der Waals surface area contributed by atoms with Crippen LogP contribution >= 0.6 is 0 Å². The van der Waals surface area contributed by atoms with Gasteiger partial charge in [-0.2, -0.15) is 0 Å².